The van der Waals surface area contributed by atoms with Crippen LogP contribution in [-0.4, -0.2) is 24.6 Å². The van der Waals surface area contributed by atoms with Crippen LogP contribution < -0.4 is 5.32 Å². The van der Waals surface area contributed by atoms with Crippen molar-refractivity contribution in [2.75, 3.05) is 24.6 Å². The molecule has 0 amide bonds. The lowest BCUT2D eigenvalue weighted by Crippen LogP contribution is -2.39. The zero-order valence-electron chi connectivity index (χ0n) is 11.6. The Kier molecular flexibility index (Phi) is 5.23. The smallest absolute Gasteiger partial charge is 0.00109 e. The summed E-state index contributed by atoms with van der Waals surface area (Å²) in [5.41, 5.74) is 0.681. The van der Waals surface area contributed by atoms with Gasteiger partial charge in [0.2, 0.25) is 0 Å². The fourth-order valence-corrected chi connectivity index (χ4v) is 4.94. The number of nitrogens with one attached hydrogen (secondary N) is 1. The van der Waals surface area contributed by atoms with E-state index in [1.165, 1.54) is 56.7 Å². The number of hydrogen-bond donors (Lipinski definition) is 1. The first kappa shape index (κ1) is 13.7. The van der Waals surface area contributed by atoms with Gasteiger partial charge in [-0.2, -0.15) is 11.8 Å². The average molecular weight is 255 g/mol. The van der Waals surface area contributed by atoms with Gasteiger partial charge in [-0.15, -0.1) is 0 Å². The molecular formula is C15H29NS. The highest BCUT2D eigenvalue weighted by molar-refractivity contribution is 7.99. The highest BCUT2D eigenvalue weighted by Crippen LogP contribution is 2.57. The maximum Gasteiger partial charge on any atom is 0.00109 e. The maximum atomic E-state index is 3.72. The van der Waals surface area contributed by atoms with Gasteiger partial charge in [-0.25, -0.2) is 0 Å². The monoisotopic (exact) mass is 255 g/mol. The Bertz CT molecular complexity index is 219. The molecule has 1 N–H and O–H groups in total. The molecular weight excluding hydrogens is 226 g/mol. The SMILES string of the molecule is CCCNCC1(CCSCC)CC2CCC1C2. The molecule has 0 spiro atoms. The number of hydrogen-bond acceptors (Lipinski definition) is 2. The minimum Gasteiger partial charge on any atom is -0.316 e. The standard InChI is InChI=1S/C15H29NS/c1-3-8-16-12-15(7-9-17-4-2)11-13-5-6-14(15)10-13/h13-14,16H,3-12H2,1-2H3. The van der Waals surface area contributed by atoms with Crippen LogP contribution in [0.5, 0.6) is 0 Å². The first-order chi connectivity index (χ1) is 8.30. The lowest BCUT2D eigenvalue weighted by Gasteiger charge is -2.38. The second-order valence-electron chi connectivity index (χ2n) is 6.07. The van der Waals surface area contributed by atoms with E-state index in [1.54, 1.807) is 6.42 Å². The molecule has 0 aromatic heterocycles. The van der Waals surface area contributed by atoms with Gasteiger partial charge in [0.05, 0.1) is 0 Å². The Labute approximate surface area is 112 Å². The van der Waals surface area contributed by atoms with E-state index < -0.39 is 0 Å². The van der Waals surface area contributed by atoms with E-state index in [-0.39, 0.29) is 0 Å². The molecule has 0 aliphatic heterocycles. The minimum absolute atomic E-state index is 0.681. The molecule has 100 valence electrons. The molecule has 2 saturated carbocycles. The van der Waals surface area contributed by atoms with Crippen LogP contribution >= 0.6 is 11.8 Å². The fraction of sp³-hybridized carbons (Fsp3) is 1.00. The lowest BCUT2D eigenvalue weighted by atomic mass is 9.71. The van der Waals surface area contributed by atoms with Crippen LogP contribution in [0.3, 0.4) is 0 Å². The first-order valence-corrected chi connectivity index (χ1v) is 8.74. The first-order valence-electron chi connectivity index (χ1n) is 7.59. The van der Waals surface area contributed by atoms with E-state index in [1.807, 2.05) is 0 Å². The number of thioether (sulfide) groups is 1. The largest absolute Gasteiger partial charge is 0.316 e. The molecule has 3 atom stereocenters. The van der Waals surface area contributed by atoms with Crippen molar-refractivity contribution in [3.8, 4) is 0 Å². The quantitative estimate of drug-likeness (QED) is 0.659. The topological polar surface area (TPSA) is 12.0 Å². The summed E-state index contributed by atoms with van der Waals surface area (Å²) in [6, 6.07) is 0. The van der Waals surface area contributed by atoms with E-state index in [4.69, 9.17) is 0 Å². The summed E-state index contributed by atoms with van der Waals surface area (Å²) in [4.78, 5) is 0. The summed E-state index contributed by atoms with van der Waals surface area (Å²) in [7, 11) is 0. The van der Waals surface area contributed by atoms with E-state index in [0.29, 0.717) is 5.41 Å². The van der Waals surface area contributed by atoms with Gasteiger partial charge in [0, 0.05) is 6.54 Å². The molecule has 2 rings (SSSR count). The Morgan fingerprint density at radius 1 is 1.29 bits per heavy atom. The third-order valence-corrected chi connectivity index (χ3v) is 5.86. The normalized spacial score (nSPS) is 35.6. The van der Waals surface area contributed by atoms with Gasteiger partial charge < -0.3 is 5.32 Å². The Morgan fingerprint density at radius 3 is 2.76 bits per heavy atom. The van der Waals surface area contributed by atoms with Gasteiger partial charge >= 0.3 is 0 Å². The maximum absolute atomic E-state index is 3.72. The molecule has 3 unspecified atom stereocenters. The Morgan fingerprint density at radius 2 is 2.18 bits per heavy atom. The van der Waals surface area contributed by atoms with Crippen LogP contribution in [0.1, 0.15) is 52.4 Å². The van der Waals surface area contributed by atoms with Gasteiger partial charge in [0.25, 0.3) is 0 Å². The molecule has 0 heterocycles. The number of rotatable bonds is 8. The molecule has 0 aromatic carbocycles. The molecule has 0 aromatic rings. The summed E-state index contributed by atoms with van der Waals surface area (Å²) < 4.78 is 0. The molecule has 2 heteroatoms. The Balaban J connectivity index is 1.87. The van der Waals surface area contributed by atoms with Crippen molar-refractivity contribution in [2.24, 2.45) is 17.3 Å². The van der Waals surface area contributed by atoms with Crippen LogP contribution in [0.4, 0.5) is 0 Å². The van der Waals surface area contributed by atoms with Crippen LogP contribution in [0.25, 0.3) is 0 Å². The molecule has 0 saturated heterocycles. The van der Waals surface area contributed by atoms with Crippen molar-refractivity contribution in [3.63, 3.8) is 0 Å². The molecule has 2 fully saturated rings. The highest BCUT2D eigenvalue weighted by Gasteiger charge is 2.49. The van der Waals surface area contributed by atoms with Gasteiger partial charge in [0.1, 0.15) is 0 Å². The summed E-state index contributed by atoms with van der Waals surface area (Å²) in [5.74, 6) is 4.80. The summed E-state index contributed by atoms with van der Waals surface area (Å²) in [6.07, 6.45) is 8.86. The zero-order valence-corrected chi connectivity index (χ0v) is 12.5. The summed E-state index contributed by atoms with van der Waals surface area (Å²) in [6.45, 7) is 7.06. The fourth-order valence-electron chi connectivity index (χ4n) is 4.10. The van der Waals surface area contributed by atoms with Gasteiger partial charge in [0.15, 0.2) is 0 Å². The molecule has 2 bridgehead atoms. The van der Waals surface area contributed by atoms with E-state index >= 15 is 0 Å². The van der Waals surface area contributed by atoms with Crippen LogP contribution in [0.2, 0.25) is 0 Å². The molecule has 17 heavy (non-hydrogen) atoms. The van der Waals surface area contributed by atoms with Crippen LogP contribution in [0, 0.1) is 17.3 Å². The van der Waals surface area contributed by atoms with E-state index in [9.17, 15) is 0 Å². The third-order valence-electron chi connectivity index (χ3n) is 4.95. The van der Waals surface area contributed by atoms with E-state index in [0.717, 1.165) is 11.8 Å². The van der Waals surface area contributed by atoms with Crippen molar-refractivity contribution >= 4 is 11.8 Å². The minimum atomic E-state index is 0.681. The highest BCUT2D eigenvalue weighted by atomic mass is 32.2. The van der Waals surface area contributed by atoms with Gasteiger partial charge in [-0.05, 0) is 67.4 Å². The lowest BCUT2D eigenvalue weighted by molar-refractivity contribution is 0.152. The van der Waals surface area contributed by atoms with Crippen LogP contribution in [-0.2, 0) is 0 Å². The van der Waals surface area contributed by atoms with Crippen molar-refractivity contribution in [1.29, 1.82) is 0 Å². The van der Waals surface area contributed by atoms with Crippen molar-refractivity contribution in [3.05, 3.63) is 0 Å². The van der Waals surface area contributed by atoms with E-state index in [2.05, 4.69) is 30.9 Å². The number of fused-ring (bicyclic) bond motifs is 2. The second kappa shape index (κ2) is 6.47. The van der Waals surface area contributed by atoms with Gasteiger partial charge in [-0.1, -0.05) is 20.3 Å². The molecule has 2 aliphatic rings. The molecule has 2 aliphatic carbocycles. The van der Waals surface area contributed by atoms with Gasteiger partial charge in [-0.3, -0.25) is 0 Å². The predicted molar refractivity (Wildman–Crippen MR) is 78.7 cm³/mol. The summed E-state index contributed by atoms with van der Waals surface area (Å²) in [5, 5.41) is 3.72. The summed E-state index contributed by atoms with van der Waals surface area (Å²) >= 11 is 2.13. The average Bonchev–Trinajstić information content (AvgIpc) is 2.90. The predicted octanol–water partition coefficient (Wildman–Crippen LogP) is 3.94. The second-order valence-corrected chi connectivity index (χ2v) is 7.46. The molecule has 1 nitrogen and oxygen atoms in total. The third kappa shape index (κ3) is 3.20. The zero-order chi connectivity index (χ0) is 12.1. The van der Waals surface area contributed by atoms with Crippen LogP contribution in [0.15, 0.2) is 0 Å². The van der Waals surface area contributed by atoms with Crippen molar-refractivity contribution in [2.45, 2.75) is 52.4 Å². The molecule has 0 radical (unpaired) electrons. The Hall–Kier alpha value is 0.310. The van der Waals surface area contributed by atoms with Crippen molar-refractivity contribution in [1.82, 2.24) is 5.32 Å². The van der Waals surface area contributed by atoms with Crippen molar-refractivity contribution < 1.29 is 0 Å².